The molecule has 1 aliphatic heterocycles. The predicted molar refractivity (Wildman–Crippen MR) is 189 cm³/mol. The number of hydrogen-bond acceptors (Lipinski definition) is 9. The summed E-state index contributed by atoms with van der Waals surface area (Å²) in [5, 5.41) is 46.6. The Kier molecular flexibility index (Phi) is 11.6. The summed E-state index contributed by atoms with van der Waals surface area (Å²) >= 11 is 0. The molecule has 3 heterocycles. The first kappa shape index (κ1) is 39.8. The molecule has 7 N–H and O–H groups in total. The first-order chi connectivity index (χ1) is 24.8. The zero-order valence-corrected chi connectivity index (χ0v) is 28.1. The SMILES string of the molecule is [B]C(O)(O)C(Cc1cccc2c1OCCC2c1cnc(-c2cc(Oc3c(F)c(F)c4[nH]ccc4c3S(=O)C([B])([B])O)ccc2F)[nH]1)C(=O)O.[B]C([B])O. The van der Waals surface area contributed by atoms with Gasteiger partial charge in [-0.3, -0.25) is 9.00 Å². The molecular weight excluding hydrogens is 713 g/mol. The van der Waals surface area contributed by atoms with Crippen LogP contribution in [-0.4, -0.2) is 113 Å². The van der Waals surface area contributed by atoms with Crippen LogP contribution in [0.1, 0.15) is 29.2 Å². The zero-order chi connectivity index (χ0) is 39.0. The molecule has 3 aromatic carbocycles. The van der Waals surface area contributed by atoms with Gasteiger partial charge in [0.15, 0.2) is 19.4 Å². The van der Waals surface area contributed by atoms with Crippen molar-refractivity contribution < 1.29 is 57.2 Å². The Morgan fingerprint density at radius 3 is 2.43 bits per heavy atom. The van der Waals surface area contributed by atoms with E-state index in [0.29, 0.717) is 29.0 Å². The minimum atomic E-state index is -2.99. The molecule has 10 radical (unpaired) electrons. The van der Waals surface area contributed by atoms with Crippen LogP contribution in [-0.2, 0) is 22.0 Å². The van der Waals surface area contributed by atoms with Gasteiger partial charge >= 0.3 is 5.97 Å². The Balaban J connectivity index is 0.00000129. The number of benzene rings is 3. The maximum absolute atomic E-state index is 15.4. The van der Waals surface area contributed by atoms with Gasteiger partial charge in [0.05, 0.1) is 53.8 Å². The highest BCUT2D eigenvalue weighted by atomic mass is 32.2. The van der Waals surface area contributed by atoms with Crippen molar-refractivity contribution in [2.45, 2.75) is 40.0 Å². The highest BCUT2D eigenvalue weighted by Gasteiger charge is 2.37. The normalized spacial score (nSPS) is 15.6. The summed E-state index contributed by atoms with van der Waals surface area (Å²) in [6.07, 6.45) is 2.79. The van der Waals surface area contributed by atoms with E-state index >= 15 is 8.78 Å². The highest BCUT2D eigenvalue weighted by molar-refractivity contribution is 7.89. The molecule has 12 nitrogen and oxygen atoms in total. The Hall–Kier alpha value is -4.42. The van der Waals surface area contributed by atoms with E-state index < -0.39 is 73.0 Å². The topological polar surface area (TPSA) is 198 Å². The van der Waals surface area contributed by atoms with E-state index in [1.165, 1.54) is 18.5 Å². The molecule has 53 heavy (non-hydrogen) atoms. The molecule has 2 aromatic heterocycles. The molecule has 3 atom stereocenters. The van der Waals surface area contributed by atoms with Gasteiger partial charge in [-0.15, -0.1) is 0 Å². The molecule has 0 spiro atoms. The number of nitrogens with one attached hydrogen (secondary N) is 2. The summed E-state index contributed by atoms with van der Waals surface area (Å²) in [4.78, 5) is 21.0. The number of imidazole rings is 1. The second-order valence-corrected chi connectivity index (χ2v) is 13.5. The van der Waals surface area contributed by atoms with Crippen LogP contribution in [0.15, 0.2) is 59.8 Å². The van der Waals surface area contributed by atoms with E-state index in [1.54, 1.807) is 18.2 Å². The molecule has 0 saturated carbocycles. The van der Waals surface area contributed by atoms with E-state index in [9.17, 15) is 33.8 Å². The Labute approximate surface area is 308 Å². The molecule has 0 bridgehead atoms. The van der Waals surface area contributed by atoms with Crippen LogP contribution in [0.25, 0.3) is 22.3 Å². The molecular formula is C32H25B5F3N3O9S. The van der Waals surface area contributed by atoms with Gasteiger partial charge < -0.3 is 45.0 Å². The van der Waals surface area contributed by atoms with Crippen molar-refractivity contribution in [3.05, 3.63) is 89.1 Å². The van der Waals surface area contributed by atoms with Crippen LogP contribution in [0, 0.1) is 23.4 Å². The van der Waals surface area contributed by atoms with Crippen molar-refractivity contribution in [2.75, 3.05) is 6.61 Å². The van der Waals surface area contributed by atoms with Crippen molar-refractivity contribution in [1.29, 1.82) is 0 Å². The number of carboxylic acid groups (broad SMARTS) is 1. The summed E-state index contributed by atoms with van der Waals surface area (Å²) in [5.74, 6) is -9.33. The number of aliphatic carboxylic acids is 1. The van der Waals surface area contributed by atoms with Crippen LogP contribution in [0.2, 0.25) is 0 Å². The summed E-state index contributed by atoms with van der Waals surface area (Å²) < 4.78 is 67.2. The number of fused-ring (bicyclic) bond motifs is 2. The Morgan fingerprint density at radius 2 is 1.79 bits per heavy atom. The van der Waals surface area contributed by atoms with Gasteiger partial charge in [-0.2, -0.15) is 4.39 Å². The first-order valence-corrected chi connectivity index (χ1v) is 16.6. The zero-order valence-electron chi connectivity index (χ0n) is 27.3. The molecule has 6 rings (SSSR count). The van der Waals surface area contributed by atoms with Gasteiger partial charge in [0.25, 0.3) is 0 Å². The number of hydrogen-bond donors (Lipinski definition) is 7. The lowest BCUT2D eigenvalue weighted by atomic mass is 9.78. The number of nitrogens with zero attached hydrogens (tertiary/aromatic N) is 1. The summed E-state index contributed by atoms with van der Waals surface area (Å²) in [6.45, 7) is 0.197. The van der Waals surface area contributed by atoms with Crippen molar-refractivity contribution in [1.82, 2.24) is 15.0 Å². The number of aromatic nitrogens is 3. The van der Waals surface area contributed by atoms with Crippen LogP contribution in [0.5, 0.6) is 17.2 Å². The quantitative estimate of drug-likeness (QED) is 0.0812. The summed E-state index contributed by atoms with van der Waals surface area (Å²) in [5.41, 5.74) is -2.00. The third-order valence-corrected chi connectivity index (χ3v) is 9.44. The van der Waals surface area contributed by atoms with Crippen molar-refractivity contribution in [3.63, 3.8) is 0 Å². The maximum atomic E-state index is 15.4. The number of carboxylic acids is 1. The Morgan fingerprint density at radius 1 is 1.09 bits per heavy atom. The molecule has 1 aliphatic rings. The summed E-state index contributed by atoms with van der Waals surface area (Å²) in [7, 11) is 22.3. The van der Waals surface area contributed by atoms with Crippen LogP contribution in [0.4, 0.5) is 13.2 Å². The van der Waals surface area contributed by atoms with E-state index in [2.05, 4.69) is 30.6 Å². The maximum Gasteiger partial charge on any atom is 0.311 e. The third kappa shape index (κ3) is 8.54. The highest BCUT2D eigenvalue weighted by Crippen LogP contribution is 2.43. The molecule has 0 aliphatic carbocycles. The molecule has 264 valence electrons. The largest absolute Gasteiger partial charge is 0.493 e. The molecule has 0 fully saturated rings. The minimum Gasteiger partial charge on any atom is -0.493 e. The van der Waals surface area contributed by atoms with Gasteiger partial charge in [0, 0.05) is 35.0 Å². The van der Waals surface area contributed by atoms with Crippen molar-refractivity contribution in [3.8, 4) is 28.6 Å². The molecule has 5 aromatic rings. The number of rotatable bonds is 10. The number of carbonyl (C=O) groups is 1. The number of aliphatic hydroxyl groups is 4. The molecule has 21 heteroatoms. The van der Waals surface area contributed by atoms with Crippen molar-refractivity contribution in [2.24, 2.45) is 5.92 Å². The van der Waals surface area contributed by atoms with Crippen LogP contribution < -0.4 is 9.47 Å². The van der Waals surface area contributed by atoms with E-state index in [4.69, 9.17) is 38.1 Å². The fourth-order valence-corrected chi connectivity index (χ4v) is 6.74. The number of halogens is 3. The van der Waals surface area contributed by atoms with Crippen LogP contribution >= 0.6 is 0 Å². The second-order valence-electron chi connectivity index (χ2n) is 11.9. The predicted octanol–water partition coefficient (Wildman–Crippen LogP) is 1.38. The van der Waals surface area contributed by atoms with Crippen LogP contribution in [0.3, 0.4) is 0 Å². The average Bonchev–Trinajstić information content (AvgIpc) is 3.76. The number of para-hydroxylation sites is 1. The van der Waals surface area contributed by atoms with Gasteiger partial charge in [0.1, 0.15) is 50.4 Å². The standard InChI is InChI=1S/C31H23B3F3N3O8S.CH2B2O/c32-30(43,44)19(29(41)42)10-13-2-1-3-16-15(7-9-47-25(13)16)21-12-39-28(40-21)18-11-14(4-5-20(18)35)48-26-23(37)22(36)24-17(6-8-38-24)27(26)49(46)31(33,34)45;2-1(3)4/h1-6,8,11-12,15,19,38,43-45H,7,9-10H2,(H,39,40)(H,41,42);1,4H. The lowest BCUT2D eigenvalue weighted by Crippen LogP contribution is -2.44. The number of ether oxygens (including phenoxy) is 2. The average molecular weight is 739 g/mol. The summed E-state index contributed by atoms with van der Waals surface area (Å²) in [6, 6.07) is 9.46. The van der Waals surface area contributed by atoms with Gasteiger partial charge in [0.2, 0.25) is 5.82 Å². The molecule has 0 saturated heterocycles. The number of aromatic amines is 2. The minimum absolute atomic E-state index is 0.0244. The molecule has 3 unspecified atom stereocenters. The van der Waals surface area contributed by atoms with Crippen molar-refractivity contribution >= 4 is 66.9 Å². The lowest BCUT2D eigenvalue weighted by Gasteiger charge is -2.29. The van der Waals surface area contributed by atoms with Gasteiger partial charge in [-0.05, 0) is 48.6 Å². The smallest absolute Gasteiger partial charge is 0.311 e. The number of aliphatic hydroxyl groups excluding tert-OH is 1. The Bertz CT molecular complexity index is 2170. The first-order valence-electron chi connectivity index (χ1n) is 15.4. The van der Waals surface area contributed by atoms with Gasteiger partial charge in [-0.1, -0.05) is 18.2 Å². The van der Waals surface area contributed by atoms with Gasteiger partial charge in [-0.25, -0.2) is 13.8 Å². The monoisotopic (exact) mass is 739 g/mol. The second kappa shape index (κ2) is 15.5. The van der Waals surface area contributed by atoms with E-state index in [1.807, 2.05) is 0 Å². The third-order valence-electron chi connectivity index (χ3n) is 8.07. The van der Waals surface area contributed by atoms with E-state index in [0.717, 1.165) is 18.2 Å². The lowest BCUT2D eigenvalue weighted by molar-refractivity contribution is -0.170. The fourth-order valence-electron chi connectivity index (χ4n) is 5.74. The fraction of sp³-hybridized carbons (Fsp3) is 0.250. The number of H-pyrrole nitrogens is 2. The molecule has 0 amide bonds. The van der Waals surface area contributed by atoms with E-state index in [-0.39, 0.29) is 41.1 Å².